The first-order valence-electron chi connectivity index (χ1n) is 9.61. The van der Waals surface area contributed by atoms with Crippen LogP contribution in [0.4, 0.5) is 5.82 Å². The predicted molar refractivity (Wildman–Crippen MR) is 106 cm³/mol. The second kappa shape index (κ2) is 7.93. The normalized spacial score (nSPS) is 23.5. The molecule has 2 aliphatic heterocycles. The van der Waals surface area contributed by atoms with E-state index in [1.54, 1.807) is 0 Å². The molecule has 0 N–H and O–H groups in total. The van der Waals surface area contributed by atoms with Crippen molar-refractivity contribution in [3.8, 4) is 5.88 Å². The number of nitrogens with zero attached hydrogens (tertiary/aromatic N) is 3. The first kappa shape index (κ1) is 17.7. The van der Waals surface area contributed by atoms with Gasteiger partial charge in [0.05, 0.1) is 5.02 Å². The summed E-state index contributed by atoms with van der Waals surface area (Å²) in [7, 11) is 0. The third-order valence-electron chi connectivity index (χ3n) is 5.72. The summed E-state index contributed by atoms with van der Waals surface area (Å²) in [4.78, 5) is 9.82. The summed E-state index contributed by atoms with van der Waals surface area (Å²) in [6.45, 7) is 6.63. The average Bonchev–Trinajstić information content (AvgIpc) is 2.59. The van der Waals surface area contributed by atoms with Crippen LogP contribution in [0.2, 0.25) is 5.02 Å². The van der Waals surface area contributed by atoms with Gasteiger partial charge in [-0.15, -0.1) is 0 Å². The van der Waals surface area contributed by atoms with Gasteiger partial charge in [-0.05, 0) is 32.6 Å². The molecular formula is C19H28ClN3OS. The monoisotopic (exact) mass is 381 g/mol. The lowest BCUT2D eigenvalue weighted by atomic mass is 9.98. The Balaban J connectivity index is 1.42. The second-order valence-electron chi connectivity index (χ2n) is 7.48. The lowest BCUT2D eigenvalue weighted by Gasteiger charge is -2.47. The zero-order chi connectivity index (χ0) is 17.2. The van der Waals surface area contributed by atoms with Crippen molar-refractivity contribution < 1.29 is 4.74 Å². The first-order chi connectivity index (χ1) is 12.2. The Morgan fingerprint density at radius 2 is 1.88 bits per heavy atom. The van der Waals surface area contributed by atoms with Crippen LogP contribution in [0.5, 0.6) is 5.88 Å². The SMILES string of the molecule is Cc1c(Cl)cc(OC2CCCCC2)nc1N1CC(N2CCSCC2)C1. The number of halogens is 1. The van der Waals surface area contributed by atoms with Crippen LogP contribution in [0.3, 0.4) is 0 Å². The number of pyridine rings is 1. The first-order valence-corrected chi connectivity index (χ1v) is 11.1. The molecule has 6 heteroatoms. The lowest BCUT2D eigenvalue weighted by Crippen LogP contribution is -2.61. The average molecular weight is 382 g/mol. The maximum atomic E-state index is 6.49. The summed E-state index contributed by atoms with van der Waals surface area (Å²) in [5, 5.41) is 0.772. The second-order valence-corrected chi connectivity index (χ2v) is 9.11. The van der Waals surface area contributed by atoms with Gasteiger partial charge in [-0.1, -0.05) is 18.0 Å². The number of aromatic nitrogens is 1. The molecule has 1 aromatic rings. The highest BCUT2D eigenvalue weighted by Gasteiger charge is 2.34. The van der Waals surface area contributed by atoms with E-state index >= 15 is 0 Å². The Hall–Kier alpha value is -0.650. The molecule has 0 amide bonds. The largest absolute Gasteiger partial charge is 0.474 e. The molecule has 2 saturated heterocycles. The fourth-order valence-electron chi connectivity index (χ4n) is 4.07. The molecule has 0 spiro atoms. The summed E-state index contributed by atoms with van der Waals surface area (Å²) < 4.78 is 6.16. The van der Waals surface area contributed by atoms with Crippen molar-refractivity contribution in [2.24, 2.45) is 0 Å². The van der Waals surface area contributed by atoms with Crippen molar-refractivity contribution in [2.75, 3.05) is 42.6 Å². The maximum Gasteiger partial charge on any atom is 0.216 e. The number of hydrogen-bond acceptors (Lipinski definition) is 5. The molecule has 4 nitrogen and oxygen atoms in total. The highest BCUT2D eigenvalue weighted by Crippen LogP contribution is 2.34. The number of anilines is 1. The third-order valence-corrected chi connectivity index (χ3v) is 7.06. The Morgan fingerprint density at radius 3 is 2.60 bits per heavy atom. The van der Waals surface area contributed by atoms with Gasteiger partial charge in [0, 0.05) is 55.4 Å². The van der Waals surface area contributed by atoms with Gasteiger partial charge in [-0.25, -0.2) is 0 Å². The Morgan fingerprint density at radius 1 is 1.16 bits per heavy atom. The molecule has 3 aliphatic rings. The number of rotatable bonds is 4. The molecule has 0 bridgehead atoms. The van der Waals surface area contributed by atoms with Gasteiger partial charge in [-0.3, -0.25) is 4.90 Å². The molecule has 4 rings (SSSR count). The molecule has 25 heavy (non-hydrogen) atoms. The predicted octanol–water partition coefficient (Wildman–Crippen LogP) is 3.99. The topological polar surface area (TPSA) is 28.6 Å². The molecule has 0 atom stereocenters. The van der Waals surface area contributed by atoms with Crippen LogP contribution in [-0.2, 0) is 0 Å². The summed E-state index contributed by atoms with van der Waals surface area (Å²) in [5.74, 6) is 4.26. The Kier molecular flexibility index (Phi) is 5.63. The molecular weight excluding hydrogens is 354 g/mol. The maximum absolute atomic E-state index is 6.49. The van der Waals surface area contributed by atoms with Gasteiger partial charge in [0.1, 0.15) is 11.9 Å². The zero-order valence-electron chi connectivity index (χ0n) is 15.0. The summed E-state index contributed by atoms with van der Waals surface area (Å²) in [6, 6.07) is 2.57. The van der Waals surface area contributed by atoms with Crippen LogP contribution in [0.25, 0.3) is 0 Å². The number of ether oxygens (including phenoxy) is 1. The molecule has 3 fully saturated rings. The van der Waals surface area contributed by atoms with Crippen molar-refractivity contribution in [3.63, 3.8) is 0 Å². The van der Waals surface area contributed by atoms with E-state index in [0.717, 1.165) is 42.3 Å². The fraction of sp³-hybridized carbons (Fsp3) is 0.737. The van der Waals surface area contributed by atoms with E-state index in [4.69, 9.17) is 21.3 Å². The van der Waals surface area contributed by atoms with Gasteiger partial charge in [0.2, 0.25) is 5.88 Å². The Bertz CT molecular complexity index is 597. The molecule has 0 unspecified atom stereocenters. The highest BCUT2D eigenvalue weighted by atomic mass is 35.5. The third kappa shape index (κ3) is 4.04. The van der Waals surface area contributed by atoms with Gasteiger partial charge < -0.3 is 9.64 Å². The van der Waals surface area contributed by atoms with Gasteiger partial charge in [-0.2, -0.15) is 16.7 Å². The van der Waals surface area contributed by atoms with E-state index in [9.17, 15) is 0 Å². The van der Waals surface area contributed by atoms with Crippen LogP contribution in [-0.4, -0.2) is 59.7 Å². The van der Waals surface area contributed by atoms with E-state index in [1.807, 2.05) is 6.07 Å². The molecule has 1 aromatic heterocycles. The van der Waals surface area contributed by atoms with Crippen molar-refractivity contribution in [2.45, 2.75) is 51.2 Å². The van der Waals surface area contributed by atoms with Crippen LogP contribution in [0.15, 0.2) is 6.07 Å². The van der Waals surface area contributed by atoms with Crippen LogP contribution in [0, 0.1) is 6.92 Å². The van der Waals surface area contributed by atoms with Crippen molar-refractivity contribution in [3.05, 3.63) is 16.7 Å². The summed E-state index contributed by atoms with van der Waals surface area (Å²) in [5.41, 5.74) is 1.07. The molecule has 0 radical (unpaired) electrons. The van der Waals surface area contributed by atoms with Gasteiger partial charge in [0.25, 0.3) is 0 Å². The minimum absolute atomic E-state index is 0.308. The van der Waals surface area contributed by atoms with Crippen molar-refractivity contribution >= 4 is 29.2 Å². The quantitative estimate of drug-likeness (QED) is 0.786. The highest BCUT2D eigenvalue weighted by molar-refractivity contribution is 7.99. The van der Waals surface area contributed by atoms with Crippen molar-refractivity contribution in [1.29, 1.82) is 0 Å². The minimum atomic E-state index is 0.308. The van der Waals surface area contributed by atoms with Gasteiger partial charge >= 0.3 is 0 Å². The lowest BCUT2D eigenvalue weighted by molar-refractivity contribution is 0.148. The molecule has 1 saturated carbocycles. The van der Waals surface area contributed by atoms with E-state index < -0.39 is 0 Å². The standard InChI is InChI=1S/C19H28ClN3OS/c1-14-17(20)11-18(24-16-5-3-2-4-6-16)21-19(14)23-12-15(13-23)22-7-9-25-10-8-22/h11,15-16H,2-10,12-13H2,1H3. The molecule has 3 heterocycles. The van der Waals surface area contributed by atoms with Gasteiger partial charge in [0.15, 0.2) is 0 Å². The molecule has 1 aliphatic carbocycles. The smallest absolute Gasteiger partial charge is 0.216 e. The van der Waals surface area contributed by atoms with Crippen LogP contribution >= 0.6 is 23.4 Å². The summed E-state index contributed by atoms with van der Waals surface area (Å²) >= 11 is 8.56. The Labute approximate surface area is 160 Å². The van der Waals surface area contributed by atoms with E-state index in [1.165, 1.54) is 43.9 Å². The van der Waals surface area contributed by atoms with E-state index in [0.29, 0.717) is 18.0 Å². The van der Waals surface area contributed by atoms with Crippen molar-refractivity contribution in [1.82, 2.24) is 9.88 Å². The summed E-state index contributed by atoms with van der Waals surface area (Å²) in [6.07, 6.45) is 6.45. The van der Waals surface area contributed by atoms with Crippen LogP contribution in [0.1, 0.15) is 37.7 Å². The molecule has 138 valence electrons. The number of hydrogen-bond donors (Lipinski definition) is 0. The van der Waals surface area contributed by atoms with E-state index in [2.05, 4.69) is 28.5 Å². The number of thioether (sulfide) groups is 1. The van der Waals surface area contributed by atoms with E-state index in [-0.39, 0.29) is 0 Å². The van der Waals surface area contributed by atoms with Crippen LogP contribution < -0.4 is 9.64 Å². The fourth-order valence-corrected chi connectivity index (χ4v) is 5.18. The molecule has 0 aromatic carbocycles. The minimum Gasteiger partial charge on any atom is -0.474 e. The zero-order valence-corrected chi connectivity index (χ0v) is 16.6.